The van der Waals surface area contributed by atoms with E-state index in [-0.39, 0.29) is 12.5 Å². The average molecular weight is 477 g/mol. The summed E-state index contributed by atoms with van der Waals surface area (Å²) in [6.07, 6.45) is 7.19. The van der Waals surface area contributed by atoms with Gasteiger partial charge >= 0.3 is 6.09 Å². The molecule has 1 aliphatic carbocycles. The molecule has 2 aromatic heterocycles. The molecule has 8 heteroatoms. The summed E-state index contributed by atoms with van der Waals surface area (Å²) in [5.41, 5.74) is 3.28. The lowest BCUT2D eigenvalue weighted by Crippen LogP contribution is -2.35. The number of hydrogen-bond acceptors (Lipinski definition) is 6. The van der Waals surface area contributed by atoms with Crippen LogP contribution < -0.4 is 10.6 Å². The van der Waals surface area contributed by atoms with Gasteiger partial charge in [0, 0.05) is 49.1 Å². The number of fused-ring (bicyclic) bond motifs is 1. The predicted octanol–water partition coefficient (Wildman–Crippen LogP) is 4.21. The topological polar surface area (TPSA) is 102 Å². The second kappa shape index (κ2) is 12.3. The van der Waals surface area contributed by atoms with Crippen LogP contribution in [0.25, 0.3) is 22.2 Å². The highest BCUT2D eigenvalue weighted by Crippen LogP contribution is 2.28. The van der Waals surface area contributed by atoms with Crippen LogP contribution in [0.2, 0.25) is 0 Å². The van der Waals surface area contributed by atoms with Crippen LogP contribution >= 0.6 is 0 Å². The molecule has 2 N–H and O–H groups in total. The van der Waals surface area contributed by atoms with Crippen molar-refractivity contribution < 1.29 is 19.1 Å². The molecule has 3 aromatic rings. The third-order valence-corrected chi connectivity index (χ3v) is 6.53. The van der Waals surface area contributed by atoms with Gasteiger partial charge in [-0.25, -0.2) is 9.78 Å². The number of amides is 2. The van der Waals surface area contributed by atoms with E-state index in [0.29, 0.717) is 37.1 Å². The number of hydrogen-bond donors (Lipinski definition) is 2. The van der Waals surface area contributed by atoms with E-state index in [4.69, 9.17) is 14.5 Å². The van der Waals surface area contributed by atoms with Crippen molar-refractivity contribution in [3.63, 3.8) is 0 Å². The molecule has 0 atom stereocenters. The number of carbonyl (C=O) groups is 2. The van der Waals surface area contributed by atoms with Crippen LogP contribution in [0.1, 0.15) is 36.0 Å². The molecule has 8 nitrogen and oxygen atoms in total. The molecule has 1 fully saturated rings. The van der Waals surface area contributed by atoms with Crippen LogP contribution in [0.15, 0.2) is 54.9 Å². The summed E-state index contributed by atoms with van der Waals surface area (Å²) in [6, 6.07) is 13.4. The fraction of sp³-hybridized carbons (Fsp3) is 0.407. The van der Waals surface area contributed by atoms with Crippen molar-refractivity contribution in [2.45, 2.75) is 25.7 Å². The van der Waals surface area contributed by atoms with Gasteiger partial charge in [-0.15, -0.1) is 0 Å². The molecule has 1 aromatic carbocycles. The van der Waals surface area contributed by atoms with Gasteiger partial charge in [-0.2, -0.15) is 0 Å². The van der Waals surface area contributed by atoms with Crippen molar-refractivity contribution in [1.82, 2.24) is 20.6 Å². The van der Waals surface area contributed by atoms with Crippen molar-refractivity contribution in [2.75, 3.05) is 33.4 Å². The maximum Gasteiger partial charge on any atom is 0.407 e. The quantitative estimate of drug-likeness (QED) is 0.449. The molecular weight excluding hydrogens is 444 g/mol. The summed E-state index contributed by atoms with van der Waals surface area (Å²) in [4.78, 5) is 33.5. The molecule has 4 rings (SSSR count). The maximum absolute atomic E-state index is 13.0. The second-order valence-electron chi connectivity index (χ2n) is 8.91. The Hall–Kier alpha value is -3.52. The fourth-order valence-electron chi connectivity index (χ4n) is 4.50. The molecule has 0 bridgehead atoms. The molecule has 0 spiro atoms. The lowest BCUT2D eigenvalue weighted by atomic mass is 9.82. The molecule has 0 saturated heterocycles. The highest BCUT2D eigenvalue weighted by molar-refractivity contribution is 6.06. The Morgan fingerprint density at radius 3 is 2.34 bits per heavy atom. The minimum absolute atomic E-state index is 0.0725. The summed E-state index contributed by atoms with van der Waals surface area (Å²) in [6.45, 7) is 1.92. The minimum Gasteiger partial charge on any atom is -0.447 e. The van der Waals surface area contributed by atoms with Gasteiger partial charge in [0.2, 0.25) is 0 Å². The Labute approximate surface area is 205 Å². The van der Waals surface area contributed by atoms with Gasteiger partial charge in [-0.1, -0.05) is 6.07 Å². The molecule has 1 saturated carbocycles. The first-order valence-electron chi connectivity index (χ1n) is 12.1. The third-order valence-electron chi connectivity index (χ3n) is 6.53. The number of rotatable bonds is 9. The van der Waals surface area contributed by atoms with Crippen LogP contribution in [-0.2, 0) is 9.47 Å². The van der Waals surface area contributed by atoms with Gasteiger partial charge in [-0.3, -0.25) is 9.78 Å². The number of ether oxygens (including phenoxy) is 2. The zero-order valence-corrected chi connectivity index (χ0v) is 20.0. The highest BCUT2D eigenvalue weighted by atomic mass is 16.6. The zero-order chi connectivity index (χ0) is 24.5. The number of alkyl carbamates (subject to hydrolysis) is 1. The number of benzene rings is 1. The SMILES string of the molecule is COCCOC(=O)NC[C@H]1CC[C@H](CNC(=O)c2cccc3nc(-c4ccncc4)ccc23)CC1. The van der Waals surface area contributed by atoms with Gasteiger partial charge in [0.15, 0.2) is 0 Å². The van der Waals surface area contributed by atoms with Crippen LogP contribution in [0.3, 0.4) is 0 Å². The second-order valence-corrected chi connectivity index (χ2v) is 8.91. The summed E-state index contributed by atoms with van der Waals surface area (Å²) in [7, 11) is 1.57. The number of methoxy groups -OCH3 is 1. The molecule has 0 aliphatic heterocycles. The van der Waals surface area contributed by atoms with E-state index in [2.05, 4.69) is 15.6 Å². The summed E-state index contributed by atoms with van der Waals surface area (Å²) in [5, 5.41) is 6.80. The Kier molecular flexibility index (Phi) is 8.62. The Morgan fingerprint density at radius 2 is 1.63 bits per heavy atom. The monoisotopic (exact) mass is 476 g/mol. The minimum atomic E-state index is -0.395. The summed E-state index contributed by atoms with van der Waals surface area (Å²) in [5.74, 6) is 0.808. The number of carbonyl (C=O) groups excluding carboxylic acids is 2. The van der Waals surface area contributed by atoms with Gasteiger partial charge in [0.1, 0.15) is 6.61 Å². The van der Waals surface area contributed by atoms with Crippen molar-refractivity contribution in [3.8, 4) is 11.3 Å². The van der Waals surface area contributed by atoms with E-state index in [1.54, 1.807) is 19.5 Å². The molecule has 1 aliphatic rings. The maximum atomic E-state index is 13.0. The normalized spacial score (nSPS) is 17.6. The van der Waals surface area contributed by atoms with E-state index >= 15 is 0 Å². The van der Waals surface area contributed by atoms with Gasteiger partial charge < -0.3 is 20.1 Å². The van der Waals surface area contributed by atoms with Gasteiger partial charge in [0.05, 0.1) is 17.8 Å². The van der Waals surface area contributed by atoms with Crippen molar-refractivity contribution in [3.05, 3.63) is 60.4 Å². The van der Waals surface area contributed by atoms with E-state index in [9.17, 15) is 9.59 Å². The van der Waals surface area contributed by atoms with E-state index < -0.39 is 6.09 Å². The van der Waals surface area contributed by atoms with Crippen LogP contribution in [-0.4, -0.2) is 55.4 Å². The first kappa shape index (κ1) is 24.6. The number of aromatic nitrogens is 2. The smallest absolute Gasteiger partial charge is 0.407 e. The fourth-order valence-corrected chi connectivity index (χ4v) is 4.50. The van der Waals surface area contributed by atoms with Crippen molar-refractivity contribution in [1.29, 1.82) is 0 Å². The van der Waals surface area contributed by atoms with E-state index in [0.717, 1.165) is 47.8 Å². The first-order chi connectivity index (χ1) is 17.1. The lowest BCUT2D eigenvalue weighted by Gasteiger charge is -2.28. The lowest BCUT2D eigenvalue weighted by molar-refractivity contribution is 0.0935. The Bertz CT molecular complexity index is 1130. The van der Waals surface area contributed by atoms with Crippen molar-refractivity contribution >= 4 is 22.9 Å². The Morgan fingerprint density at radius 1 is 0.914 bits per heavy atom. The molecule has 0 radical (unpaired) electrons. The van der Waals surface area contributed by atoms with Gasteiger partial charge in [-0.05, 0) is 73.9 Å². The van der Waals surface area contributed by atoms with E-state index in [1.165, 1.54) is 0 Å². The first-order valence-corrected chi connectivity index (χ1v) is 12.1. The summed E-state index contributed by atoms with van der Waals surface area (Å²) >= 11 is 0. The standard InChI is InChI=1S/C27H32N4O4/c1-34-15-16-35-27(33)30-18-20-7-5-19(6-8-20)17-29-26(32)23-3-2-4-25-22(23)9-10-24(31-25)21-11-13-28-14-12-21/h2-4,9-14,19-20H,5-8,15-18H2,1H3,(H,29,32)(H,30,33)/t19-,20-. The summed E-state index contributed by atoms with van der Waals surface area (Å²) < 4.78 is 9.90. The predicted molar refractivity (Wildman–Crippen MR) is 134 cm³/mol. The zero-order valence-electron chi connectivity index (χ0n) is 20.0. The highest BCUT2D eigenvalue weighted by Gasteiger charge is 2.22. The van der Waals surface area contributed by atoms with Crippen LogP contribution in [0, 0.1) is 11.8 Å². The third kappa shape index (κ3) is 6.76. The van der Waals surface area contributed by atoms with Crippen LogP contribution in [0.4, 0.5) is 4.79 Å². The number of nitrogens with zero attached hydrogens (tertiary/aromatic N) is 2. The molecule has 184 valence electrons. The molecule has 2 amide bonds. The number of pyridine rings is 2. The number of nitrogens with one attached hydrogen (secondary N) is 2. The van der Waals surface area contributed by atoms with Crippen molar-refractivity contribution in [2.24, 2.45) is 11.8 Å². The Balaban J connectivity index is 1.26. The average Bonchev–Trinajstić information content (AvgIpc) is 2.91. The molecular formula is C27H32N4O4. The van der Waals surface area contributed by atoms with E-state index in [1.807, 2.05) is 42.5 Å². The molecule has 0 unspecified atom stereocenters. The van der Waals surface area contributed by atoms with Gasteiger partial charge in [0.25, 0.3) is 5.91 Å². The molecule has 35 heavy (non-hydrogen) atoms. The largest absolute Gasteiger partial charge is 0.447 e. The molecule has 2 heterocycles. The van der Waals surface area contributed by atoms with Crippen LogP contribution in [0.5, 0.6) is 0 Å².